The molecule has 2 fully saturated rings. The summed E-state index contributed by atoms with van der Waals surface area (Å²) in [4.78, 5) is 30.0. The molecule has 2 aromatic rings. The van der Waals surface area contributed by atoms with Crippen LogP contribution in [0.3, 0.4) is 0 Å². The van der Waals surface area contributed by atoms with E-state index in [1.54, 1.807) is 4.90 Å². The van der Waals surface area contributed by atoms with Crippen LogP contribution in [0.2, 0.25) is 0 Å². The summed E-state index contributed by atoms with van der Waals surface area (Å²) in [7, 11) is 0. The zero-order chi connectivity index (χ0) is 21.9. The predicted molar refractivity (Wildman–Crippen MR) is 119 cm³/mol. The number of rotatable bonds is 6. The summed E-state index contributed by atoms with van der Waals surface area (Å²) in [6.07, 6.45) is 3.79. The second-order valence-electron chi connectivity index (χ2n) is 8.36. The van der Waals surface area contributed by atoms with Gasteiger partial charge in [-0.05, 0) is 59.0 Å². The Bertz CT molecular complexity index is 929. The highest BCUT2D eigenvalue weighted by Gasteiger charge is 2.53. The highest BCUT2D eigenvalue weighted by Crippen LogP contribution is 2.56. The standard InChI is InChI=1S/C22H25BrN2O5S/c23-17-14-31-19(24-17)22(30-13-18(26)27)7-6-21(15-22)8-10-25(11-9-21)20(28)29-12-16-4-2-1-3-5-16/h1-5,14H,6-13,15H2,(H,26,27). The quantitative estimate of drug-likeness (QED) is 0.602. The van der Waals surface area contributed by atoms with Crippen LogP contribution in [0.15, 0.2) is 40.3 Å². The third kappa shape index (κ3) is 5.10. The minimum absolute atomic E-state index is 0.0207. The number of thiazole rings is 1. The molecule has 4 rings (SSSR count). The van der Waals surface area contributed by atoms with Crippen molar-refractivity contribution in [2.45, 2.75) is 44.3 Å². The average Bonchev–Trinajstić information content (AvgIpc) is 3.37. The normalized spacial score (nSPS) is 22.5. The maximum absolute atomic E-state index is 12.5. The number of carboxylic acid groups (broad SMARTS) is 1. The lowest BCUT2D eigenvalue weighted by Gasteiger charge is -2.40. The van der Waals surface area contributed by atoms with E-state index in [2.05, 4.69) is 20.9 Å². The van der Waals surface area contributed by atoms with E-state index in [9.17, 15) is 9.59 Å². The number of piperidine rings is 1. The van der Waals surface area contributed by atoms with Crippen molar-refractivity contribution in [2.24, 2.45) is 5.41 Å². The van der Waals surface area contributed by atoms with Crippen LogP contribution in [0.1, 0.15) is 42.7 Å². The Morgan fingerprint density at radius 2 is 1.90 bits per heavy atom. The number of hydrogen-bond donors (Lipinski definition) is 1. The Labute approximate surface area is 193 Å². The van der Waals surface area contributed by atoms with E-state index >= 15 is 0 Å². The Kier molecular flexibility index (Phi) is 6.64. The number of halogens is 1. The van der Waals surface area contributed by atoms with Gasteiger partial charge in [0, 0.05) is 18.5 Å². The second-order valence-corrected chi connectivity index (χ2v) is 10.0. The van der Waals surface area contributed by atoms with E-state index in [0.29, 0.717) is 13.1 Å². The van der Waals surface area contributed by atoms with Crippen LogP contribution in [0.4, 0.5) is 4.79 Å². The minimum Gasteiger partial charge on any atom is -0.480 e. The van der Waals surface area contributed by atoms with Crippen LogP contribution in [0.5, 0.6) is 0 Å². The van der Waals surface area contributed by atoms with Crippen molar-refractivity contribution in [3.05, 3.63) is 50.9 Å². The van der Waals surface area contributed by atoms with Crippen molar-refractivity contribution in [3.8, 4) is 0 Å². The molecular weight excluding hydrogens is 484 g/mol. The number of aromatic nitrogens is 1. The molecule has 1 amide bonds. The van der Waals surface area contributed by atoms with E-state index in [0.717, 1.165) is 47.3 Å². The van der Waals surface area contributed by atoms with E-state index in [1.165, 1.54) is 11.3 Å². The lowest BCUT2D eigenvalue weighted by Crippen LogP contribution is -2.43. The van der Waals surface area contributed by atoms with Crippen molar-refractivity contribution in [3.63, 3.8) is 0 Å². The molecule has 1 aliphatic carbocycles. The van der Waals surface area contributed by atoms with Crippen molar-refractivity contribution in [2.75, 3.05) is 19.7 Å². The molecule has 1 saturated heterocycles. The van der Waals surface area contributed by atoms with Gasteiger partial charge >= 0.3 is 12.1 Å². The summed E-state index contributed by atoms with van der Waals surface area (Å²) in [6.45, 7) is 1.19. The molecule has 1 spiro atoms. The van der Waals surface area contributed by atoms with E-state index in [4.69, 9.17) is 14.6 Å². The molecule has 0 bridgehead atoms. The van der Waals surface area contributed by atoms with Gasteiger partial charge in [-0.3, -0.25) is 0 Å². The number of hydrogen-bond acceptors (Lipinski definition) is 6. The Morgan fingerprint density at radius 1 is 1.16 bits per heavy atom. The first-order chi connectivity index (χ1) is 14.9. The van der Waals surface area contributed by atoms with Gasteiger partial charge in [-0.15, -0.1) is 11.3 Å². The average molecular weight is 509 g/mol. The zero-order valence-electron chi connectivity index (χ0n) is 17.1. The number of likely N-dealkylation sites (tertiary alicyclic amines) is 1. The fourth-order valence-electron chi connectivity index (χ4n) is 4.68. The Balaban J connectivity index is 1.37. The van der Waals surface area contributed by atoms with Crippen molar-refractivity contribution in [1.29, 1.82) is 0 Å². The van der Waals surface area contributed by atoms with E-state index in [1.807, 2.05) is 35.7 Å². The fourth-order valence-corrected chi connectivity index (χ4v) is 6.12. The van der Waals surface area contributed by atoms with E-state index < -0.39 is 11.6 Å². The van der Waals surface area contributed by atoms with Gasteiger partial charge in [-0.25, -0.2) is 14.6 Å². The molecule has 7 nitrogen and oxygen atoms in total. The van der Waals surface area contributed by atoms with Crippen LogP contribution in [-0.4, -0.2) is 46.7 Å². The van der Waals surface area contributed by atoms with Gasteiger partial charge in [0.1, 0.15) is 28.4 Å². The van der Waals surface area contributed by atoms with Crippen molar-refractivity contribution < 1.29 is 24.2 Å². The maximum Gasteiger partial charge on any atom is 0.410 e. The van der Waals surface area contributed by atoms with Crippen molar-refractivity contribution in [1.82, 2.24) is 9.88 Å². The van der Waals surface area contributed by atoms with Gasteiger partial charge in [0.15, 0.2) is 0 Å². The third-order valence-electron chi connectivity index (χ3n) is 6.35. The number of carbonyl (C=O) groups excluding carboxylic acids is 1. The number of amides is 1. The SMILES string of the molecule is O=C(O)COC1(c2nc(Br)cs2)CCC2(CCN(C(=O)OCc3ccccc3)CC2)C1. The number of carbonyl (C=O) groups is 2. The van der Waals surface area contributed by atoms with Crippen LogP contribution < -0.4 is 0 Å². The molecule has 1 unspecified atom stereocenters. The molecule has 2 heterocycles. The molecule has 1 atom stereocenters. The van der Waals surface area contributed by atoms with Crippen LogP contribution in [-0.2, 0) is 26.5 Å². The van der Waals surface area contributed by atoms with Gasteiger partial charge in [0.05, 0.1) is 0 Å². The van der Waals surface area contributed by atoms with Gasteiger partial charge in [-0.1, -0.05) is 30.3 Å². The molecule has 166 valence electrons. The van der Waals surface area contributed by atoms with Crippen LogP contribution >= 0.6 is 27.3 Å². The molecule has 1 saturated carbocycles. The summed E-state index contributed by atoms with van der Waals surface area (Å²) in [5, 5.41) is 11.9. The lowest BCUT2D eigenvalue weighted by atomic mass is 9.76. The van der Waals surface area contributed by atoms with Gasteiger partial charge in [-0.2, -0.15) is 0 Å². The molecule has 0 radical (unpaired) electrons. The first-order valence-corrected chi connectivity index (χ1v) is 12.0. The number of ether oxygens (including phenoxy) is 2. The molecule has 2 aliphatic rings. The van der Waals surface area contributed by atoms with Gasteiger partial charge < -0.3 is 19.5 Å². The molecule has 1 aromatic carbocycles. The van der Waals surface area contributed by atoms with E-state index in [-0.39, 0.29) is 24.7 Å². The summed E-state index contributed by atoms with van der Waals surface area (Å²) in [5.74, 6) is -0.980. The smallest absolute Gasteiger partial charge is 0.410 e. The summed E-state index contributed by atoms with van der Waals surface area (Å²) in [6, 6.07) is 9.65. The highest BCUT2D eigenvalue weighted by molar-refractivity contribution is 9.10. The molecule has 1 N–H and O–H groups in total. The molecular formula is C22H25BrN2O5S. The Hall–Kier alpha value is -1.97. The largest absolute Gasteiger partial charge is 0.480 e. The minimum atomic E-state index is -0.980. The Morgan fingerprint density at radius 3 is 2.55 bits per heavy atom. The molecule has 1 aromatic heterocycles. The number of nitrogens with zero attached hydrogens (tertiary/aromatic N) is 2. The first kappa shape index (κ1) is 22.2. The van der Waals surface area contributed by atoms with Gasteiger partial charge in [0.25, 0.3) is 0 Å². The lowest BCUT2D eigenvalue weighted by molar-refractivity contribution is -0.151. The maximum atomic E-state index is 12.5. The second kappa shape index (κ2) is 9.26. The molecule has 9 heteroatoms. The number of carboxylic acids is 1. The predicted octanol–water partition coefficient (Wildman–Crippen LogP) is 4.81. The third-order valence-corrected chi connectivity index (χ3v) is 8.08. The van der Waals surface area contributed by atoms with Gasteiger partial charge in [0.2, 0.25) is 0 Å². The molecule has 1 aliphatic heterocycles. The summed E-state index contributed by atoms with van der Waals surface area (Å²) in [5.41, 5.74) is 0.313. The first-order valence-electron chi connectivity index (χ1n) is 10.3. The molecule has 31 heavy (non-hydrogen) atoms. The highest BCUT2D eigenvalue weighted by atomic mass is 79.9. The fraction of sp³-hybridized carbons (Fsp3) is 0.500. The summed E-state index contributed by atoms with van der Waals surface area (Å²) >= 11 is 4.89. The number of aliphatic carboxylic acids is 1. The monoisotopic (exact) mass is 508 g/mol. The van der Waals surface area contributed by atoms with Crippen LogP contribution in [0, 0.1) is 5.41 Å². The van der Waals surface area contributed by atoms with Crippen molar-refractivity contribution >= 4 is 39.3 Å². The number of benzene rings is 1. The topological polar surface area (TPSA) is 89.0 Å². The zero-order valence-corrected chi connectivity index (χ0v) is 19.5. The van der Waals surface area contributed by atoms with Crippen LogP contribution in [0.25, 0.3) is 0 Å². The summed E-state index contributed by atoms with van der Waals surface area (Å²) < 4.78 is 12.2.